The molecule has 0 radical (unpaired) electrons. The number of halogens is 4. The van der Waals surface area contributed by atoms with Crippen molar-refractivity contribution in [2.24, 2.45) is 0 Å². The molecule has 0 saturated carbocycles. The molecule has 3 nitrogen and oxygen atoms in total. The van der Waals surface area contributed by atoms with Gasteiger partial charge in [-0.3, -0.25) is 4.79 Å². The summed E-state index contributed by atoms with van der Waals surface area (Å²) >= 11 is 0. The van der Waals surface area contributed by atoms with Gasteiger partial charge in [0.15, 0.2) is 0 Å². The topological polar surface area (TPSA) is 41.1 Å². The van der Waals surface area contributed by atoms with Gasteiger partial charge in [0.25, 0.3) is 0 Å². The lowest BCUT2D eigenvalue weighted by molar-refractivity contribution is -0.137. The maximum absolute atomic E-state index is 12.4. The fraction of sp³-hybridized carbons (Fsp3) is 0.875. The normalized spacial score (nSPS) is 22.1. The first-order valence-electron chi connectivity index (χ1n) is 4.60. The van der Waals surface area contributed by atoms with Crippen molar-refractivity contribution in [2.75, 3.05) is 13.1 Å². The highest BCUT2D eigenvalue weighted by atomic mass is 19.3. The van der Waals surface area contributed by atoms with Crippen LogP contribution in [0.2, 0.25) is 0 Å². The van der Waals surface area contributed by atoms with E-state index in [1.807, 2.05) is 5.32 Å². The first kappa shape index (κ1) is 12.2. The Balaban J connectivity index is 2.33. The fourth-order valence-corrected chi connectivity index (χ4v) is 1.31. The number of rotatable bonds is 4. The molecule has 1 fully saturated rings. The highest BCUT2D eigenvalue weighted by molar-refractivity contribution is 5.82. The Bertz CT molecular complexity index is 229. The SMILES string of the molecule is O=C(NCC(F)(F)C(F)F)[C@@H]1CCCN1. The summed E-state index contributed by atoms with van der Waals surface area (Å²) in [5.41, 5.74) is 0. The predicted octanol–water partition coefficient (Wildman–Crippen LogP) is 0.755. The molecular weight excluding hydrogens is 216 g/mol. The minimum Gasteiger partial charge on any atom is -0.348 e. The van der Waals surface area contributed by atoms with E-state index in [4.69, 9.17) is 0 Å². The van der Waals surface area contributed by atoms with Crippen molar-refractivity contribution in [1.82, 2.24) is 10.6 Å². The van der Waals surface area contributed by atoms with Gasteiger partial charge in [0.2, 0.25) is 5.91 Å². The minimum absolute atomic E-state index is 0.529. The van der Waals surface area contributed by atoms with E-state index in [-0.39, 0.29) is 0 Å². The molecular formula is C8H12F4N2O. The molecule has 2 N–H and O–H groups in total. The number of hydrogen-bond acceptors (Lipinski definition) is 2. The van der Waals surface area contributed by atoms with Gasteiger partial charge in [-0.1, -0.05) is 0 Å². The lowest BCUT2D eigenvalue weighted by Gasteiger charge is -2.17. The van der Waals surface area contributed by atoms with Gasteiger partial charge >= 0.3 is 12.3 Å². The van der Waals surface area contributed by atoms with Crippen molar-refractivity contribution in [3.8, 4) is 0 Å². The molecule has 0 aromatic heterocycles. The largest absolute Gasteiger partial charge is 0.348 e. The zero-order valence-electron chi connectivity index (χ0n) is 7.90. The van der Waals surface area contributed by atoms with Gasteiger partial charge < -0.3 is 10.6 Å². The van der Waals surface area contributed by atoms with Crippen LogP contribution in [0, 0.1) is 0 Å². The molecule has 1 aliphatic rings. The second kappa shape index (κ2) is 4.78. The van der Waals surface area contributed by atoms with Gasteiger partial charge in [-0.25, -0.2) is 8.78 Å². The monoisotopic (exact) mass is 228 g/mol. The summed E-state index contributed by atoms with van der Waals surface area (Å²) in [7, 11) is 0. The Kier molecular flexibility index (Phi) is 3.90. The molecule has 0 aliphatic carbocycles. The van der Waals surface area contributed by atoms with Crippen LogP contribution in [0.4, 0.5) is 17.6 Å². The molecule has 0 bridgehead atoms. The summed E-state index contributed by atoms with van der Waals surface area (Å²) in [6.45, 7) is -0.676. The van der Waals surface area contributed by atoms with Crippen LogP contribution in [0.1, 0.15) is 12.8 Å². The van der Waals surface area contributed by atoms with Crippen LogP contribution in [0.15, 0.2) is 0 Å². The van der Waals surface area contributed by atoms with Gasteiger partial charge in [0.1, 0.15) is 0 Å². The van der Waals surface area contributed by atoms with Gasteiger partial charge in [-0.15, -0.1) is 0 Å². The summed E-state index contributed by atoms with van der Waals surface area (Å²) in [4.78, 5) is 11.2. The van der Waals surface area contributed by atoms with Crippen LogP contribution in [0.25, 0.3) is 0 Å². The number of alkyl halides is 4. The second-order valence-corrected chi connectivity index (χ2v) is 3.43. The molecule has 7 heteroatoms. The molecule has 1 rings (SSSR count). The van der Waals surface area contributed by atoms with Gasteiger partial charge in [0, 0.05) is 0 Å². The first-order chi connectivity index (χ1) is 6.93. The van der Waals surface area contributed by atoms with Crippen LogP contribution in [0.5, 0.6) is 0 Å². The van der Waals surface area contributed by atoms with Crippen molar-refractivity contribution < 1.29 is 22.4 Å². The van der Waals surface area contributed by atoms with E-state index in [0.29, 0.717) is 13.0 Å². The summed E-state index contributed by atoms with van der Waals surface area (Å²) in [6.07, 6.45) is -2.43. The average Bonchev–Trinajstić information content (AvgIpc) is 2.66. The number of amides is 1. The molecule has 1 aliphatic heterocycles. The zero-order chi connectivity index (χ0) is 11.5. The van der Waals surface area contributed by atoms with Gasteiger partial charge in [-0.05, 0) is 19.4 Å². The molecule has 0 spiro atoms. The van der Waals surface area contributed by atoms with E-state index in [1.54, 1.807) is 0 Å². The van der Waals surface area contributed by atoms with E-state index >= 15 is 0 Å². The molecule has 1 amide bonds. The smallest absolute Gasteiger partial charge is 0.324 e. The maximum atomic E-state index is 12.4. The molecule has 0 unspecified atom stereocenters. The maximum Gasteiger partial charge on any atom is 0.324 e. The Morgan fingerprint density at radius 1 is 1.53 bits per heavy atom. The average molecular weight is 228 g/mol. The number of nitrogens with one attached hydrogen (secondary N) is 2. The summed E-state index contributed by atoms with van der Waals surface area (Å²) in [6, 6.07) is -0.529. The van der Waals surface area contributed by atoms with Crippen LogP contribution in [-0.2, 0) is 4.79 Å². The van der Waals surface area contributed by atoms with Crippen molar-refractivity contribution in [1.29, 1.82) is 0 Å². The standard InChI is InChI=1S/C8H12F4N2O/c9-7(10)8(11,12)4-14-6(15)5-2-1-3-13-5/h5,7,13H,1-4H2,(H,14,15)/t5-/m0/s1. The van der Waals surface area contributed by atoms with Gasteiger partial charge in [0.05, 0.1) is 12.6 Å². The van der Waals surface area contributed by atoms with Crippen LogP contribution >= 0.6 is 0 Å². The molecule has 15 heavy (non-hydrogen) atoms. The van der Waals surface area contributed by atoms with E-state index in [1.165, 1.54) is 0 Å². The molecule has 88 valence electrons. The zero-order valence-corrected chi connectivity index (χ0v) is 7.90. The van der Waals surface area contributed by atoms with E-state index in [9.17, 15) is 22.4 Å². The lowest BCUT2D eigenvalue weighted by Crippen LogP contribution is -2.47. The first-order valence-corrected chi connectivity index (χ1v) is 4.60. The van der Waals surface area contributed by atoms with E-state index < -0.39 is 30.8 Å². The van der Waals surface area contributed by atoms with Crippen molar-refractivity contribution in [3.05, 3.63) is 0 Å². The third-order valence-corrected chi connectivity index (χ3v) is 2.19. The number of hydrogen-bond donors (Lipinski definition) is 2. The molecule has 1 saturated heterocycles. The van der Waals surface area contributed by atoms with E-state index in [2.05, 4.69) is 5.32 Å². The quantitative estimate of drug-likeness (QED) is 0.697. The highest BCUT2D eigenvalue weighted by Crippen LogP contribution is 2.21. The van der Waals surface area contributed by atoms with Gasteiger partial charge in [-0.2, -0.15) is 8.78 Å². The molecule has 0 aromatic rings. The summed E-state index contributed by atoms with van der Waals surface area (Å²) in [5, 5.41) is 4.59. The summed E-state index contributed by atoms with van der Waals surface area (Å²) in [5.74, 6) is -4.80. The minimum atomic E-state index is -4.16. The molecule has 0 aromatic carbocycles. The second-order valence-electron chi connectivity index (χ2n) is 3.43. The Morgan fingerprint density at radius 3 is 2.67 bits per heavy atom. The van der Waals surface area contributed by atoms with Crippen LogP contribution in [-0.4, -0.2) is 37.4 Å². The van der Waals surface area contributed by atoms with Crippen molar-refractivity contribution in [3.63, 3.8) is 0 Å². The Morgan fingerprint density at radius 2 is 2.20 bits per heavy atom. The molecule has 1 heterocycles. The number of carbonyl (C=O) groups excluding carboxylic acids is 1. The van der Waals surface area contributed by atoms with Crippen LogP contribution < -0.4 is 10.6 Å². The van der Waals surface area contributed by atoms with Crippen molar-refractivity contribution >= 4 is 5.91 Å². The third-order valence-electron chi connectivity index (χ3n) is 2.19. The Labute approximate surface area is 84.2 Å². The third kappa shape index (κ3) is 3.33. The summed E-state index contributed by atoms with van der Waals surface area (Å²) < 4.78 is 48.3. The number of carbonyl (C=O) groups is 1. The van der Waals surface area contributed by atoms with Crippen molar-refractivity contribution in [2.45, 2.75) is 31.2 Å². The lowest BCUT2D eigenvalue weighted by atomic mass is 10.2. The highest BCUT2D eigenvalue weighted by Gasteiger charge is 2.41. The Hall–Kier alpha value is -0.850. The van der Waals surface area contributed by atoms with Crippen LogP contribution in [0.3, 0.4) is 0 Å². The van der Waals surface area contributed by atoms with E-state index in [0.717, 1.165) is 6.42 Å². The molecule has 1 atom stereocenters. The predicted molar refractivity (Wildman–Crippen MR) is 45.0 cm³/mol. The fourth-order valence-electron chi connectivity index (χ4n) is 1.31.